The molecule has 0 radical (unpaired) electrons. The van der Waals surface area contributed by atoms with Crippen LogP contribution in [0, 0.1) is 0 Å². The van der Waals surface area contributed by atoms with Gasteiger partial charge in [0, 0.05) is 20.1 Å². The molecule has 0 saturated carbocycles. The minimum atomic E-state index is -3.34. The zero-order chi connectivity index (χ0) is 14.3. The van der Waals surface area contributed by atoms with Crippen molar-refractivity contribution in [3.05, 3.63) is 18.1 Å². The van der Waals surface area contributed by atoms with E-state index in [0.717, 1.165) is 0 Å². The van der Waals surface area contributed by atoms with Gasteiger partial charge in [0.15, 0.2) is 0 Å². The quantitative estimate of drug-likeness (QED) is 0.604. The molecule has 1 rings (SSSR count). The van der Waals surface area contributed by atoms with E-state index < -0.39 is 15.9 Å². The number of anilines is 1. The Kier molecular flexibility index (Phi) is 5.64. The van der Waals surface area contributed by atoms with Crippen LogP contribution in [0.25, 0.3) is 0 Å². The van der Waals surface area contributed by atoms with Crippen LogP contribution >= 0.6 is 0 Å². The number of nitrogens with zero attached hydrogens (tertiary/aromatic N) is 2. The minimum Gasteiger partial charge on any atom is -0.372 e. The maximum absolute atomic E-state index is 11.7. The van der Waals surface area contributed by atoms with Crippen molar-refractivity contribution in [1.82, 2.24) is 20.0 Å². The highest BCUT2D eigenvalue weighted by molar-refractivity contribution is 7.89. The maximum atomic E-state index is 11.7. The molecule has 9 heteroatoms. The van der Waals surface area contributed by atoms with E-state index in [4.69, 9.17) is 0 Å². The predicted octanol–water partition coefficient (Wildman–Crippen LogP) is -0.813. The van der Waals surface area contributed by atoms with Crippen molar-refractivity contribution in [3.8, 4) is 0 Å². The third-order valence-electron chi connectivity index (χ3n) is 2.14. The first kappa shape index (κ1) is 15.3. The minimum absolute atomic E-state index is 0.0135. The van der Waals surface area contributed by atoms with Crippen LogP contribution < -0.4 is 15.4 Å². The molecular formula is C10H17N5O3S. The molecule has 1 amide bonds. The summed E-state index contributed by atoms with van der Waals surface area (Å²) in [5.74, 6) is -0.171. The van der Waals surface area contributed by atoms with Crippen LogP contribution in [0.4, 0.5) is 5.82 Å². The number of hydrogen-bond donors (Lipinski definition) is 3. The lowest BCUT2D eigenvalue weighted by Gasteiger charge is -2.06. The normalized spacial score (nSPS) is 11.1. The van der Waals surface area contributed by atoms with Gasteiger partial charge in [-0.15, -0.1) is 0 Å². The molecule has 8 nitrogen and oxygen atoms in total. The Morgan fingerprint density at radius 2 is 2.11 bits per heavy atom. The van der Waals surface area contributed by atoms with Gasteiger partial charge in [0.1, 0.15) is 11.5 Å². The van der Waals surface area contributed by atoms with Crippen molar-refractivity contribution in [2.24, 2.45) is 0 Å². The smallest absolute Gasteiger partial charge is 0.271 e. The lowest BCUT2D eigenvalue weighted by molar-refractivity contribution is 0.0951. The van der Waals surface area contributed by atoms with Crippen LogP contribution in [0.2, 0.25) is 0 Å². The second-order valence-corrected chi connectivity index (χ2v) is 5.54. The number of rotatable bonds is 7. The molecule has 0 spiro atoms. The van der Waals surface area contributed by atoms with E-state index >= 15 is 0 Å². The van der Waals surface area contributed by atoms with Gasteiger partial charge in [-0.05, 0) is 0 Å². The van der Waals surface area contributed by atoms with Crippen LogP contribution in [-0.4, -0.2) is 50.2 Å². The number of amides is 1. The lowest BCUT2D eigenvalue weighted by atomic mass is 10.4. The average Bonchev–Trinajstić information content (AvgIpc) is 2.38. The standard InChI is InChI=1S/C10H17N5O3S/c1-3-14-19(17,18)5-4-13-10(16)8-6-12-7-9(11-2)15-8/h6-7,14H,3-5H2,1-2H3,(H,11,15)(H,13,16). The van der Waals surface area contributed by atoms with Crippen molar-refractivity contribution in [2.45, 2.75) is 6.92 Å². The highest BCUT2D eigenvalue weighted by atomic mass is 32.2. The van der Waals surface area contributed by atoms with E-state index in [0.29, 0.717) is 12.4 Å². The van der Waals surface area contributed by atoms with E-state index in [1.807, 2.05) is 0 Å². The molecule has 0 aromatic carbocycles. The Bertz CT molecular complexity index is 532. The summed E-state index contributed by atoms with van der Waals surface area (Å²) in [4.78, 5) is 19.5. The summed E-state index contributed by atoms with van der Waals surface area (Å²) in [6, 6.07) is 0. The number of carbonyl (C=O) groups excluding carboxylic acids is 1. The first-order valence-corrected chi connectivity index (χ1v) is 7.39. The molecule has 0 atom stereocenters. The first-order chi connectivity index (χ1) is 8.98. The summed E-state index contributed by atoms with van der Waals surface area (Å²) >= 11 is 0. The fraction of sp³-hybridized carbons (Fsp3) is 0.500. The zero-order valence-electron chi connectivity index (χ0n) is 10.8. The van der Waals surface area contributed by atoms with Crippen LogP contribution in [0.15, 0.2) is 12.4 Å². The number of nitrogens with one attached hydrogen (secondary N) is 3. The first-order valence-electron chi connectivity index (χ1n) is 5.74. The van der Waals surface area contributed by atoms with E-state index in [2.05, 4.69) is 25.3 Å². The van der Waals surface area contributed by atoms with Gasteiger partial charge in [0.25, 0.3) is 5.91 Å². The van der Waals surface area contributed by atoms with Crippen LogP contribution in [0.3, 0.4) is 0 Å². The van der Waals surface area contributed by atoms with Gasteiger partial charge >= 0.3 is 0 Å². The van der Waals surface area contributed by atoms with Crippen LogP contribution in [0.5, 0.6) is 0 Å². The Morgan fingerprint density at radius 1 is 1.37 bits per heavy atom. The van der Waals surface area contributed by atoms with E-state index in [-0.39, 0.29) is 18.0 Å². The molecule has 0 unspecified atom stereocenters. The summed E-state index contributed by atoms with van der Waals surface area (Å²) in [6.07, 6.45) is 2.79. The molecular weight excluding hydrogens is 270 g/mol. The molecule has 106 valence electrons. The second kappa shape index (κ2) is 7.00. The Morgan fingerprint density at radius 3 is 2.74 bits per heavy atom. The summed E-state index contributed by atoms with van der Waals surface area (Å²) in [5.41, 5.74) is 0.132. The largest absolute Gasteiger partial charge is 0.372 e. The number of hydrogen-bond acceptors (Lipinski definition) is 6. The topological polar surface area (TPSA) is 113 Å². The highest BCUT2D eigenvalue weighted by Gasteiger charge is 2.11. The molecule has 0 aliphatic carbocycles. The molecule has 0 saturated heterocycles. The third kappa shape index (κ3) is 5.18. The molecule has 0 bridgehead atoms. The summed E-state index contributed by atoms with van der Waals surface area (Å²) in [5, 5.41) is 5.24. The van der Waals surface area contributed by atoms with Crippen molar-refractivity contribution >= 4 is 21.7 Å². The van der Waals surface area contributed by atoms with Crippen molar-refractivity contribution in [1.29, 1.82) is 0 Å². The number of aromatic nitrogens is 2. The third-order valence-corrected chi connectivity index (χ3v) is 3.61. The second-order valence-electron chi connectivity index (χ2n) is 3.61. The van der Waals surface area contributed by atoms with Gasteiger partial charge in [-0.25, -0.2) is 18.1 Å². The molecule has 1 heterocycles. The Labute approximate surface area is 112 Å². The van der Waals surface area contributed by atoms with Crippen molar-refractivity contribution in [2.75, 3.05) is 31.2 Å². The van der Waals surface area contributed by atoms with E-state index in [9.17, 15) is 13.2 Å². The molecule has 1 aromatic heterocycles. The van der Waals surface area contributed by atoms with Crippen molar-refractivity contribution in [3.63, 3.8) is 0 Å². The molecule has 3 N–H and O–H groups in total. The molecule has 19 heavy (non-hydrogen) atoms. The molecule has 0 aliphatic heterocycles. The SMILES string of the molecule is CCNS(=O)(=O)CCNC(=O)c1cncc(NC)n1. The molecule has 0 aliphatic rings. The fourth-order valence-corrected chi connectivity index (χ4v) is 2.23. The zero-order valence-corrected chi connectivity index (χ0v) is 11.6. The van der Waals surface area contributed by atoms with Crippen molar-refractivity contribution < 1.29 is 13.2 Å². The van der Waals surface area contributed by atoms with Crippen LogP contribution in [-0.2, 0) is 10.0 Å². The number of sulfonamides is 1. The molecule has 0 fully saturated rings. The van der Waals surface area contributed by atoms with Gasteiger partial charge in [0.05, 0.1) is 18.1 Å². The van der Waals surface area contributed by atoms with E-state index in [1.165, 1.54) is 12.4 Å². The van der Waals surface area contributed by atoms with Gasteiger partial charge in [-0.2, -0.15) is 0 Å². The highest BCUT2D eigenvalue weighted by Crippen LogP contribution is 2.00. The predicted molar refractivity (Wildman–Crippen MR) is 71.4 cm³/mol. The van der Waals surface area contributed by atoms with Crippen LogP contribution in [0.1, 0.15) is 17.4 Å². The summed E-state index contributed by atoms with van der Waals surface area (Å²) in [7, 11) is -1.67. The van der Waals surface area contributed by atoms with E-state index in [1.54, 1.807) is 14.0 Å². The fourth-order valence-electron chi connectivity index (χ4n) is 1.28. The van der Waals surface area contributed by atoms with Gasteiger partial charge in [-0.3, -0.25) is 9.78 Å². The average molecular weight is 287 g/mol. The Balaban J connectivity index is 2.52. The number of carbonyl (C=O) groups is 1. The summed E-state index contributed by atoms with van der Waals surface area (Å²) in [6.45, 7) is 2.03. The van der Waals surface area contributed by atoms with Gasteiger partial charge in [0.2, 0.25) is 10.0 Å². The molecule has 1 aromatic rings. The lowest BCUT2D eigenvalue weighted by Crippen LogP contribution is -2.34. The Hall–Kier alpha value is -1.74. The monoisotopic (exact) mass is 287 g/mol. The summed E-state index contributed by atoms with van der Waals surface area (Å²) < 4.78 is 25.0. The van der Waals surface area contributed by atoms with Gasteiger partial charge < -0.3 is 10.6 Å². The maximum Gasteiger partial charge on any atom is 0.271 e. The van der Waals surface area contributed by atoms with Gasteiger partial charge in [-0.1, -0.05) is 6.92 Å².